The molecule has 0 unspecified atom stereocenters. The van der Waals surface area contributed by atoms with Crippen molar-refractivity contribution in [2.75, 3.05) is 13.2 Å². The zero-order valence-electron chi connectivity index (χ0n) is 11.1. The molecule has 0 amide bonds. The van der Waals surface area contributed by atoms with Gasteiger partial charge >= 0.3 is 0 Å². The van der Waals surface area contributed by atoms with Crippen molar-refractivity contribution in [1.82, 2.24) is 0 Å². The molecule has 0 atom stereocenters. The molecule has 0 saturated heterocycles. The molecule has 0 heterocycles. The molecule has 0 aliphatic carbocycles. The van der Waals surface area contributed by atoms with Crippen molar-refractivity contribution < 1.29 is 18.3 Å². The number of ether oxygens (including phenoxy) is 2. The predicted octanol–water partition coefficient (Wildman–Crippen LogP) is 3.64. The summed E-state index contributed by atoms with van der Waals surface area (Å²) < 4.78 is 38.7. The Morgan fingerprint density at radius 3 is 2.29 bits per heavy atom. The van der Waals surface area contributed by atoms with Crippen LogP contribution in [0.15, 0.2) is 40.9 Å². The lowest BCUT2D eigenvalue weighted by Crippen LogP contribution is -2.11. The van der Waals surface area contributed by atoms with Gasteiger partial charge in [0.25, 0.3) is 0 Å². The van der Waals surface area contributed by atoms with Crippen LogP contribution in [0, 0.1) is 11.6 Å². The summed E-state index contributed by atoms with van der Waals surface area (Å²) in [4.78, 5) is 0. The minimum atomic E-state index is -0.766. The largest absolute Gasteiger partial charge is 0.490 e. The van der Waals surface area contributed by atoms with Crippen molar-refractivity contribution in [2.45, 2.75) is 6.54 Å². The highest BCUT2D eigenvalue weighted by Gasteiger charge is 2.12. The van der Waals surface area contributed by atoms with Crippen molar-refractivity contribution in [2.24, 2.45) is 5.73 Å². The average Bonchev–Trinajstić information content (AvgIpc) is 2.45. The van der Waals surface area contributed by atoms with E-state index in [1.807, 2.05) is 12.1 Å². The highest BCUT2D eigenvalue weighted by molar-refractivity contribution is 9.10. The molecule has 0 spiro atoms. The van der Waals surface area contributed by atoms with Gasteiger partial charge in [0.2, 0.25) is 0 Å². The summed E-state index contributed by atoms with van der Waals surface area (Å²) in [5.74, 6) is -1.30. The first-order valence-electron chi connectivity index (χ1n) is 6.29. The number of benzene rings is 2. The summed E-state index contributed by atoms with van der Waals surface area (Å²) in [7, 11) is 0. The van der Waals surface area contributed by atoms with Crippen molar-refractivity contribution in [3.63, 3.8) is 0 Å². The molecule has 0 fully saturated rings. The van der Waals surface area contributed by atoms with Gasteiger partial charge in [-0.05, 0) is 35.9 Å². The molecule has 0 aromatic heterocycles. The summed E-state index contributed by atoms with van der Waals surface area (Å²) >= 11 is 3.32. The van der Waals surface area contributed by atoms with E-state index in [9.17, 15) is 8.78 Å². The van der Waals surface area contributed by atoms with Crippen LogP contribution in [0.4, 0.5) is 8.78 Å². The van der Waals surface area contributed by atoms with Gasteiger partial charge in [-0.15, -0.1) is 0 Å². The quantitative estimate of drug-likeness (QED) is 0.802. The molecule has 112 valence electrons. The van der Waals surface area contributed by atoms with E-state index in [1.54, 1.807) is 12.1 Å². The second kappa shape index (κ2) is 7.38. The maximum atomic E-state index is 13.6. The van der Waals surface area contributed by atoms with Gasteiger partial charge in [-0.2, -0.15) is 0 Å². The minimum absolute atomic E-state index is 0.0301. The molecule has 2 N–H and O–H groups in total. The smallest absolute Gasteiger partial charge is 0.190 e. The van der Waals surface area contributed by atoms with Crippen LogP contribution in [0.2, 0.25) is 0 Å². The average molecular weight is 358 g/mol. The Morgan fingerprint density at radius 1 is 1.00 bits per heavy atom. The maximum absolute atomic E-state index is 13.6. The minimum Gasteiger partial charge on any atom is -0.490 e. The topological polar surface area (TPSA) is 44.5 Å². The molecule has 0 bridgehead atoms. The normalized spacial score (nSPS) is 10.5. The summed E-state index contributed by atoms with van der Waals surface area (Å²) in [6.07, 6.45) is 0. The first kappa shape index (κ1) is 15.7. The first-order valence-corrected chi connectivity index (χ1v) is 7.08. The predicted molar refractivity (Wildman–Crippen MR) is 79.4 cm³/mol. The second-order valence-corrected chi connectivity index (χ2v) is 5.16. The third-order valence-corrected chi connectivity index (χ3v) is 3.18. The Kier molecular flexibility index (Phi) is 5.52. The zero-order valence-corrected chi connectivity index (χ0v) is 12.7. The molecule has 6 heteroatoms. The van der Waals surface area contributed by atoms with Crippen LogP contribution in [-0.4, -0.2) is 13.2 Å². The second-order valence-electron chi connectivity index (χ2n) is 4.25. The summed E-state index contributed by atoms with van der Waals surface area (Å²) in [6, 6.07) is 9.58. The van der Waals surface area contributed by atoms with Gasteiger partial charge in [0, 0.05) is 11.0 Å². The van der Waals surface area contributed by atoms with E-state index >= 15 is 0 Å². The SMILES string of the molecule is NCc1cc(F)c(OCCOc2cccc(Br)c2)c(F)c1. The van der Waals surface area contributed by atoms with Gasteiger partial charge in [0.05, 0.1) is 0 Å². The third kappa shape index (κ3) is 4.41. The molecule has 0 radical (unpaired) electrons. The molecular formula is C15H14BrF2NO2. The van der Waals surface area contributed by atoms with Crippen molar-refractivity contribution in [3.8, 4) is 11.5 Å². The highest BCUT2D eigenvalue weighted by Crippen LogP contribution is 2.23. The molecule has 0 aliphatic rings. The molecular weight excluding hydrogens is 344 g/mol. The van der Waals surface area contributed by atoms with Crippen LogP contribution in [0.3, 0.4) is 0 Å². The summed E-state index contributed by atoms with van der Waals surface area (Å²) in [6.45, 7) is 0.274. The number of nitrogens with two attached hydrogens (primary N) is 1. The Bertz CT molecular complexity index is 599. The van der Waals surface area contributed by atoms with Crippen LogP contribution >= 0.6 is 15.9 Å². The van der Waals surface area contributed by atoms with Crippen LogP contribution in [0.25, 0.3) is 0 Å². The summed E-state index contributed by atoms with van der Waals surface area (Å²) in [5.41, 5.74) is 5.72. The van der Waals surface area contributed by atoms with Gasteiger partial charge in [0.1, 0.15) is 19.0 Å². The van der Waals surface area contributed by atoms with Crippen molar-refractivity contribution in [1.29, 1.82) is 0 Å². The van der Waals surface area contributed by atoms with E-state index in [0.717, 1.165) is 16.6 Å². The Morgan fingerprint density at radius 2 is 1.67 bits per heavy atom. The first-order chi connectivity index (χ1) is 10.1. The molecule has 21 heavy (non-hydrogen) atoms. The number of hydrogen-bond donors (Lipinski definition) is 1. The standard InChI is InChI=1S/C15H14BrF2NO2/c16-11-2-1-3-12(8-11)20-4-5-21-15-13(17)6-10(9-19)7-14(15)18/h1-3,6-8H,4-5,9,19H2. The molecule has 3 nitrogen and oxygen atoms in total. The van der Waals surface area contributed by atoms with Gasteiger partial charge in [-0.25, -0.2) is 8.78 Å². The molecule has 2 rings (SSSR count). The van der Waals surface area contributed by atoms with Crippen LogP contribution in [0.1, 0.15) is 5.56 Å². The Labute approximate surface area is 129 Å². The lowest BCUT2D eigenvalue weighted by atomic mass is 10.2. The van der Waals surface area contributed by atoms with Gasteiger partial charge < -0.3 is 15.2 Å². The van der Waals surface area contributed by atoms with Crippen LogP contribution < -0.4 is 15.2 Å². The Hall–Kier alpha value is -1.66. The third-order valence-electron chi connectivity index (χ3n) is 2.69. The molecule has 2 aromatic rings. The van der Waals surface area contributed by atoms with Gasteiger partial charge in [0.15, 0.2) is 17.4 Å². The van der Waals surface area contributed by atoms with Gasteiger partial charge in [-0.1, -0.05) is 22.0 Å². The van der Waals surface area contributed by atoms with Crippen molar-refractivity contribution >= 4 is 15.9 Å². The van der Waals surface area contributed by atoms with Crippen LogP contribution in [0.5, 0.6) is 11.5 Å². The van der Waals surface area contributed by atoms with E-state index in [1.165, 1.54) is 0 Å². The fourth-order valence-electron chi connectivity index (χ4n) is 1.73. The number of rotatable bonds is 6. The van der Waals surface area contributed by atoms with E-state index in [0.29, 0.717) is 11.3 Å². The number of halogens is 3. The van der Waals surface area contributed by atoms with Crippen LogP contribution in [-0.2, 0) is 6.54 Å². The highest BCUT2D eigenvalue weighted by atomic mass is 79.9. The zero-order chi connectivity index (χ0) is 15.2. The fourth-order valence-corrected chi connectivity index (χ4v) is 2.11. The lowest BCUT2D eigenvalue weighted by Gasteiger charge is -2.11. The molecule has 0 saturated carbocycles. The van der Waals surface area contributed by atoms with E-state index in [4.69, 9.17) is 15.2 Å². The number of hydrogen-bond acceptors (Lipinski definition) is 3. The maximum Gasteiger partial charge on any atom is 0.190 e. The monoisotopic (exact) mass is 357 g/mol. The Balaban J connectivity index is 1.89. The fraction of sp³-hybridized carbons (Fsp3) is 0.200. The van der Waals surface area contributed by atoms with Crippen molar-refractivity contribution in [3.05, 3.63) is 58.1 Å². The van der Waals surface area contributed by atoms with E-state index in [-0.39, 0.29) is 19.8 Å². The summed E-state index contributed by atoms with van der Waals surface area (Å²) in [5, 5.41) is 0. The van der Waals surface area contributed by atoms with E-state index < -0.39 is 17.4 Å². The molecule has 0 aliphatic heterocycles. The lowest BCUT2D eigenvalue weighted by molar-refractivity contribution is 0.205. The molecule has 2 aromatic carbocycles. The van der Waals surface area contributed by atoms with E-state index in [2.05, 4.69) is 15.9 Å². The van der Waals surface area contributed by atoms with Gasteiger partial charge in [-0.3, -0.25) is 0 Å².